The van der Waals surface area contributed by atoms with Gasteiger partial charge in [0, 0.05) is 38.9 Å². The minimum atomic E-state index is -3.09. The zero-order valence-electron chi connectivity index (χ0n) is 14.5. The molecule has 1 aromatic carbocycles. The van der Waals surface area contributed by atoms with Crippen LogP contribution in [-0.2, 0) is 16.6 Å². The van der Waals surface area contributed by atoms with Crippen molar-refractivity contribution in [1.82, 2.24) is 9.62 Å². The summed E-state index contributed by atoms with van der Waals surface area (Å²) in [4.78, 5) is 4.66. The summed E-state index contributed by atoms with van der Waals surface area (Å²) in [6.45, 7) is 2.54. The Labute approximate surface area is 140 Å². The van der Waals surface area contributed by atoms with Crippen LogP contribution < -0.4 is 9.62 Å². The molecule has 130 valence electrons. The molecule has 2 rings (SSSR count). The third-order valence-electron chi connectivity index (χ3n) is 4.44. The van der Waals surface area contributed by atoms with Crippen LogP contribution in [0.2, 0.25) is 0 Å². The van der Waals surface area contributed by atoms with Gasteiger partial charge >= 0.3 is 0 Å². The molecule has 0 amide bonds. The van der Waals surface area contributed by atoms with Gasteiger partial charge in [0.15, 0.2) is 0 Å². The standard InChI is InChI=1S/C17H29N3O2S/c1-19(2)17-10-5-4-8-15(17)14-20-13-7-6-9-16(20)11-12-18-23(3,21)22/h4-5,8,10,16,18H,6-7,9,11-14H2,1-3H3. The molecule has 1 aliphatic heterocycles. The molecule has 0 radical (unpaired) electrons. The fourth-order valence-corrected chi connectivity index (χ4v) is 3.79. The fraction of sp³-hybridized carbons (Fsp3) is 0.647. The summed E-state index contributed by atoms with van der Waals surface area (Å²) in [5.74, 6) is 0. The number of para-hydroxylation sites is 1. The number of hydrogen-bond donors (Lipinski definition) is 1. The quantitative estimate of drug-likeness (QED) is 0.826. The Balaban J connectivity index is 2.01. The summed E-state index contributed by atoms with van der Waals surface area (Å²) in [5, 5.41) is 0. The van der Waals surface area contributed by atoms with Crippen molar-refractivity contribution in [2.45, 2.75) is 38.3 Å². The lowest BCUT2D eigenvalue weighted by atomic mass is 9.98. The van der Waals surface area contributed by atoms with Crippen LogP contribution in [0.3, 0.4) is 0 Å². The van der Waals surface area contributed by atoms with Gasteiger partial charge in [0.05, 0.1) is 6.26 Å². The monoisotopic (exact) mass is 339 g/mol. The molecule has 0 spiro atoms. The van der Waals surface area contributed by atoms with Gasteiger partial charge in [0.1, 0.15) is 0 Å². The number of likely N-dealkylation sites (tertiary alicyclic amines) is 1. The van der Waals surface area contributed by atoms with Crippen LogP contribution in [0.4, 0.5) is 5.69 Å². The van der Waals surface area contributed by atoms with Gasteiger partial charge in [-0.1, -0.05) is 24.6 Å². The highest BCUT2D eigenvalue weighted by Gasteiger charge is 2.23. The summed E-state index contributed by atoms with van der Waals surface area (Å²) in [5.41, 5.74) is 2.59. The SMILES string of the molecule is CN(C)c1ccccc1CN1CCCCC1CCNS(C)(=O)=O. The average molecular weight is 340 g/mol. The third kappa shape index (κ3) is 5.79. The topological polar surface area (TPSA) is 52.6 Å². The van der Waals surface area contributed by atoms with E-state index < -0.39 is 10.0 Å². The lowest BCUT2D eigenvalue weighted by molar-refractivity contribution is 0.133. The molecule has 0 saturated carbocycles. The number of anilines is 1. The van der Waals surface area contributed by atoms with Crippen molar-refractivity contribution < 1.29 is 8.42 Å². The molecule has 5 nitrogen and oxygen atoms in total. The molecule has 1 heterocycles. The smallest absolute Gasteiger partial charge is 0.208 e. The molecule has 0 bridgehead atoms. The van der Waals surface area contributed by atoms with Gasteiger partial charge in [-0.25, -0.2) is 13.1 Å². The maximum atomic E-state index is 11.2. The van der Waals surface area contributed by atoms with Gasteiger partial charge in [-0.2, -0.15) is 0 Å². The van der Waals surface area contributed by atoms with Gasteiger partial charge in [0.2, 0.25) is 10.0 Å². The van der Waals surface area contributed by atoms with E-state index in [9.17, 15) is 8.42 Å². The maximum Gasteiger partial charge on any atom is 0.208 e. The van der Waals surface area contributed by atoms with Crippen LogP contribution >= 0.6 is 0 Å². The van der Waals surface area contributed by atoms with E-state index in [1.165, 1.54) is 30.3 Å². The number of sulfonamides is 1. The molecular formula is C17H29N3O2S. The van der Waals surface area contributed by atoms with Crippen molar-refractivity contribution in [3.63, 3.8) is 0 Å². The first-order valence-corrected chi connectivity index (χ1v) is 10.2. The number of piperidine rings is 1. The maximum absolute atomic E-state index is 11.2. The minimum Gasteiger partial charge on any atom is -0.377 e. The van der Waals surface area contributed by atoms with Crippen LogP contribution in [0.25, 0.3) is 0 Å². The van der Waals surface area contributed by atoms with Crippen molar-refractivity contribution in [3.8, 4) is 0 Å². The second-order valence-electron chi connectivity index (χ2n) is 6.60. The molecule has 0 aromatic heterocycles. The number of rotatable bonds is 7. The molecule has 0 aliphatic carbocycles. The molecule has 1 unspecified atom stereocenters. The number of nitrogens with one attached hydrogen (secondary N) is 1. The molecule has 23 heavy (non-hydrogen) atoms. The Kier molecular flexibility index (Phi) is 6.44. The van der Waals surface area contributed by atoms with E-state index in [1.54, 1.807) is 0 Å². The van der Waals surface area contributed by atoms with Gasteiger partial charge in [-0.15, -0.1) is 0 Å². The van der Waals surface area contributed by atoms with Crippen LogP contribution in [0.1, 0.15) is 31.2 Å². The van der Waals surface area contributed by atoms with Crippen molar-refractivity contribution in [3.05, 3.63) is 29.8 Å². The first kappa shape index (κ1) is 18.2. The summed E-state index contributed by atoms with van der Waals surface area (Å²) < 4.78 is 25.1. The van der Waals surface area contributed by atoms with E-state index in [2.05, 4.69) is 52.9 Å². The zero-order valence-corrected chi connectivity index (χ0v) is 15.3. The highest BCUT2D eigenvalue weighted by Crippen LogP contribution is 2.25. The van der Waals surface area contributed by atoms with E-state index in [4.69, 9.17) is 0 Å². The van der Waals surface area contributed by atoms with E-state index >= 15 is 0 Å². The minimum absolute atomic E-state index is 0.452. The molecule has 1 fully saturated rings. The van der Waals surface area contributed by atoms with Crippen molar-refractivity contribution in [1.29, 1.82) is 0 Å². The van der Waals surface area contributed by atoms with Gasteiger partial charge < -0.3 is 4.90 Å². The van der Waals surface area contributed by atoms with Gasteiger partial charge in [-0.05, 0) is 37.4 Å². The van der Waals surface area contributed by atoms with Gasteiger partial charge in [0.25, 0.3) is 0 Å². The number of hydrogen-bond acceptors (Lipinski definition) is 4. The van der Waals surface area contributed by atoms with Crippen molar-refractivity contribution in [2.24, 2.45) is 0 Å². The molecule has 1 N–H and O–H groups in total. The fourth-order valence-electron chi connectivity index (χ4n) is 3.31. The number of nitrogens with zero attached hydrogens (tertiary/aromatic N) is 2. The Morgan fingerprint density at radius 1 is 1.26 bits per heavy atom. The second kappa shape index (κ2) is 8.13. The Morgan fingerprint density at radius 2 is 2.00 bits per heavy atom. The highest BCUT2D eigenvalue weighted by atomic mass is 32.2. The molecule has 1 atom stereocenters. The van der Waals surface area contributed by atoms with Gasteiger partial charge in [-0.3, -0.25) is 4.90 Å². The third-order valence-corrected chi connectivity index (χ3v) is 5.17. The molecular weight excluding hydrogens is 310 g/mol. The summed E-state index contributed by atoms with van der Waals surface area (Å²) in [7, 11) is 1.05. The second-order valence-corrected chi connectivity index (χ2v) is 8.43. The van der Waals surface area contributed by atoms with Crippen LogP contribution in [0.5, 0.6) is 0 Å². The van der Waals surface area contributed by atoms with Crippen molar-refractivity contribution >= 4 is 15.7 Å². The summed E-state index contributed by atoms with van der Waals surface area (Å²) >= 11 is 0. The normalized spacial score (nSPS) is 19.7. The predicted octanol–water partition coefficient (Wildman–Crippen LogP) is 2.05. The summed E-state index contributed by atoms with van der Waals surface area (Å²) in [6.07, 6.45) is 5.70. The van der Waals surface area contributed by atoms with Crippen LogP contribution in [-0.4, -0.2) is 52.8 Å². The average Bonchev–Trinajstić information content (AvgIpc) is 2.48. The first-order chi connectivity index (χ1) is 10.9. The van der Waals surface area contributed by atoms with Crippen LogP contribution in [0, 0.1) is 0 Å². The highest BCUT2D eigenvalue weighted by molar-refractivity contribution is 7.88. The lowest BCUT2D eigenvalue weighted by Crippen LogP contribution is -2.41. The van der Waals surface area contributed by atoms with Crippen molar-refractivity contribution in [2.75, 3.05) is 38.3 Å². The van der Waals surface area contributed by atoms with Crippen LogP contribution in [0.15, 0.2) is 24.3 Å². The molecule has 6 heteroatoms. The Hall–Kier alpha value is -1.11. The molecule has 1 aromatic rings. The van der Waals surface area contributed by atoms with E-state index in [0.717, 1.165) is 25.9 Å². The molecule has 1 saturated heterocycles. The predicted molar refractivity (Wildman–Crippen MR) is 96.3 cm³/mol. The van der Waals surface area contributed by atoms with E-state index in [0.29, 0.717) is 12.6 Å². The number of benzene rings is 1. The first-order valence-electron chi connectivity index (χ1n) is 8.31. The largest absolute Gasteiger partial charge is 0.377 e. The Morgan fingerprint density at radius 3 is 2.70 bits per heavy atom. The lowest BCUT2D eigenvalue weighted by Gasteiger charge is -2.36. The van der Waals surface area contributed by atoms with E-state index in [1.807, 2.05) is 0 Å². The summed E-state index contributed by atoms with van der Waals surface area (Å²) in [6, 6.07) is 8.96. The Bertz CT molecular complexity index is 602. The molecule has 1 aliphatic rings. The zero-order chi connectivity index (χ0) is 16.9. The van der Waals surface area contributed by atoms with E-state index in [-0.39, 0.29) is 0 Å².